The number of nitrogens with one attached hydrogen (secondary N) is 3. The van der Waals surface area contributed by atoms with Crippen LogP contribution in [0, 0.1) is 0 Å². The molecule has 3 aromatic rings. The first-order valence-electron chi connectivity index (χ1n) is 14.6. The zero-order chi connectivity index (χ0) is 31.3. The summed E-state index contributed by atoms with van der Waals surface area (Å²) in [6.07, 6.45) is 1.67. The molecule has 0 saturated carbocycles. The van der Waals surface area contributed by atoms with E-state index >= 15 is 0 Å². The van der Waals surface area contributed by atoms with Gasteiger partial charge in [-0.2, -0.15) is 0 Å². The standard InChI is InChI=1S/C34H39N5O5/c1-3-12-30(32(41)43-21-23-13-5-4-6-14-23)38-31(40)29(19-11-20-37-33(35)36-2)39-34(42)44-22-28-26-17-9-7-15-24(26)25-16-8-10-18-27(25)28/h3-10,13-18,28-30H,1,11-12,19-22H2,2H3,(H,38,40)(H,39,42)(H3,35,36,37)/t29-,30+/m1/s1. The van der Waals surface area contributed by atoms with E-state index in [1.165, 1.54) is 6.08 Å². The molecule has 0 heterocycles. The summed E-state index contributed by atoms with van der Waals surface area (Å²) in [5.41, 5.74) is 10.9. The van der Waals surface area contributed by atoms with E-state index in [9.17, 15) is 14.4 Å². The Hall–Kier alpha value is -5.12. The maximum absolute atomic E-state index is 13.4. The van der Waals surface area contributed by atoms with E-state index in [1.807, 2.05) is 66.7 Å². The second-order valence-electron chi connectivity index (χ2n) is 10.4. The van der Waals surface area contributed by atoms with E-state index in [1.54, 1.807) is 7.05 Å². The van der Waals surface area contributed by atoms with Crippen LogP contribution < -0.4 is 21.7 Å². The fourth-order valence-electron chi connectivity index (χ4n) is 5.14. The average Bonchev–Trinajstić information content (AvgIpc) is 3.37. The fraction of sp³-hybridized carbons (Fsp3) is 0.294. The van der Waals surface area contributed by atoms with Gasteiger partial charge in [0, 0.05) is 19.5 Å². The molecule has 10 nitrogen and oxygen atoms in total. The minimum atomic E-state index is -0.985. The van der Waals surface area contributed by atoms with Crippen molar-refractivity contribution in [2.45, 2.75) is 43.9 Å². The largest absolute Gasteiger partial charge is 0.459 e. The smallest absolute Gasteiger partial charge is 0.407 e. The first-order valence-corrected chi connectivity index (χ1v) is 14.6. The third-order valence-corrected chi connectivity index (χ3v) is 7.40. The molecule has 230 valence electrons. The molecule has 1 aliphatic carbocycles. The summed E-state index contributed by atoms with van der Waals surface area (Å²) < 4.78 is 11.1. The van der Waals surface area contributed by atoms with Gasteiger partial charge in [-0.25, -0.2) is 9.59 Å². The van der Waals surface area contributed by atoms with Gasteiger partial charge in [-0.05, 0) is 47.1 Å². The van der Waals surface area contributed by atoms with Crippen LogP contribution >= 0.6 is 0 Å². The normalized spacial score (nSPS) is 13.5. The molecular formula is C34H39N5O5. The number of hydrogen-bond donors (Lipinski definition) is 4. The number of amides is 2. The predicted octanol–water partition coefficient (Wildman–Crippen LogP) is 4.01. The number of esters is 1. The highest BCUT2D eigenvalue weighted by Crippen LogP contribution is 2.44. The van der Waals surface area contributed by atoms with E-state index in [4.69, 9.17) is 15.2 Å². The van der Waals surface area contributed by atoms with Crippen molar-refractivity contribution >= 4 is 23.9 Å². The molecule has 0 fully saturated rings. The Morgan fingerprint density at radius 3 is 2.18 bits per heavy atom. The van der Waals surface area contributed by atoms with Crippen molar-refractivity contribution in [1.29, 1.82) is 0 Å². The van der Waals surface area contributed by atoms with E-state index in [-0.39, 0.29) is 37.9 Å². The van der Waals surface area contributed by atoms with Crippen LogP contribution in [0.5, 0.6) is 0 Å². The molecular weight excluding hydrogens is 558 g/mol. The van der Waals surface area contributed by atoms with Crippen molar-refractivity contribution in [1.82, 2.24) is 16.0 Å². The number of benzene rings is 3. The van der Waals surface area contributed by atoms with Crippen molar-refractivity contribution in [3.05, 3.63) is 108 Å². The minimum absolute atomic E-state index is 0.0662. The van der Waals surface area contributed by atoms with Crippen molar-refractivity contribution in [3.8, 4) is 11.1 Å². The van der Waals surface area contributed by atoms with E-state index in [2.05, 4.69) is 39.7 Å². The summed E-state index contributed by atoms with van der Waals surface area (Å²) in [6.45, 7) is 4.29. The van der Waals surface area contributed by atoms with Crippen LogP contribution in [0.25, 0.3) is 11.1 Å². The minimum Gasteiger partial charge on any atom is -0.459 e. The third kappa shape index (κ3) is 8.47. The summed E-state index contributed by atoms with van der Waals surface area (Å²) >= 11 is 0. The van der Waals surface area contributed by atoms with Gasteiger partial charge in [0.15, 0.2) is 5.96 Å². The molecule has 0 aromatic heterocycles. The zero-order valence-electron chi connectivity index (χ0n) is 24.8. The van der Waals surface area contributed by atoms with Crippen LogP contribution in [-0.4, -0.2) is 56.2 Å². The van der Waals surface area contributed by atoms with E-state index in [0.717, 1.165) is 27.8 Å². The summed E-state index contributed by atoms with van der Waals surface area (Å²) in [4.78, 5) is 43.2. The maximum atomic E-state index is 13.4. The van der Waals surface area contributed by atoms with Gasteiger partial charge in [-0.3, -0.25) is 9.79 Å². The highest BCUT2D eigenvalue weighted by molar-refractivity contribution is 5.90. The monoisotopic (exact) mass is 597 g/mol. The molecule has 0 unspecified atom stereocenters. The van der Waals surface area contributed by atoms with Crippen LogP contribution in [0.15, 0.2) is 96.5 Å². The Morgan fingerprint density at radius 1 is 0.909 bits per heavy atom. The Balaban J connectivity index is 1.40. The molecule has 4 rings (SSSR count). The number of alkyl carbamates (subject to hydrolysis) is 1. The van der Waals surface area contributed by atoms with E-state index in [0.29, 0.717) is 13.0 Å². The molecule has 10 heteroatoms. The van der Waals surface area contributed by atoms with Crippen molar-refractivity contribution in [2.24, 2.45) is 10.7 Å². The second-order valence-corrected chi connectivity index (χ2v) is 10.4. The molecule has 0 radical (unpaired) electrons. The number of guanidine groups is 1. The summed E-state index contributed by atoms with van der Waals surface area (Å²) in [5.74, 6) is -1.00. The second kappa shape index (κ2) is 15.9. The molecule has 0 aliphatic heterocycles. The molecule has 0 saturated heterocycles. The Morgan fingerprint density at radius 2 is 1.55 bits per heavy atom. The van der Waals surface area contributed by atoms with Gasteiger partial charge in [0.05, 0.1) is 0 Å². The van der Waals surface area contributed by atoms with Gasteiger partial charge in [0.1, 0.15) is 25.3 Å². The fourth-order valence-corrected chi connectivity index (χ4v) is 5.14. The highest BCUT2D eigenvalue weighted by atomic mass is 16.5. The molecule has 0 bridgehead atoms. The van der Waals surface area contributed by atoms with Crippen molar-refractivity contribution in [3.63, 3.8) is 0 Å². The molecule has 2 amide bonds. The Bertz CT molecular complexity index is 1430. The number of carbonyl (C=O) groups is 3. The quantitative estimate of drug-likeness (QED) is 0.0723. The molecule has 1 aliphatic rings. The van der Waals surface area contributed by atoms with Crippen LogP contribution in [0.2, 0.25) is 0 Å². The van der Waals surface area contributed by atoms with Crippen molar-refractivity contribution < 1.29 is 23.9 Å². The summed E-state index contributed by atoms with van der Waals surface area (Å²) in [6, 6.07) is 23.4. The molecule has 44 heavy (non-hydrogen) atoms. The van der Waals surface area contributed by atoms with Crippen LogP contribution in [0.4, 0.5) is 4.79 Å². The van der Waals surface area contributed by atoms with Gasteiger partial charge >= 0.3 is 12.1 Å². The SMILES string of the molecule is C=CC[C@H](NC(=O)[C@@H](CCCNC(N)=NC)NC(=O)OCC1c2ccccc2-c2ccccc21)C(=O)OCc1ccccc1. The molecule has 0 spiro atoms. The highest BCUT2D eigenvalue weighted by Gasteiger charge is 2.31. The van der Waals surface area contributed by atoms with Crippen LogP contribution in [-0.2, 0) is 25.7 Å². The van der Waals surface area contributed by atoms with E-state index < -0.39 is 30.1 Å². The lowest BCUT2D eigenvalue weighted by atomic mass is 9.98. The zero-order valence-corrected chi connectivity index (χ0v) is 24.8. The molecule has 3 aromatic carbocycles. The van der Waals surface area contributed by atoms with Gasteiger partial charge in [-0.15, -0.1) is 6.58 Å². The maximum Gasteiger partial charge on any atom is 0.407 e. The Kier molecular flexibility index (Phi) is 11.5. The van der Waals surface area contributed by atoms with Gasteiger partial charge < -0.3 is 31.2 Å². The number of carbonyl (C=O) groups excluding carboxylic acids is 3. The average molecular weight is 598 g/mol. The number of fused-ring (bicyclic) bond motifs is 3. The van der Waals surface area contributed by atoms with Crippen molar-refractivity contribution in [2.75, 3.05) is 20.2 Å². The number of ether oxygens (including phenoxy) is 2. The summed E-state index contributed by atoms with van der Waals surface area (Å²) in [7, 11) is 1.56. The molecule has 2 atom stereocenters. The number of aliphatic imine (C=N–C) groups is 1. The molecule has 5 N–H and O–H groups in total. The van der Waals surface area contributed by atoms with Gasteiger partial charge in [0.25, 0.3) is 0 Å². The van der Waals surface area contributed by atoms with Crippen LogP contribution in [0.3, 0.4) is 0 Å². The number of rotatable bonds is 14. The first kappa shape index (κ1) is 31.8. The predicted molar refractivity (Wildman–Crippen MR) is 170 cm³/mol. The van der Waals surface area contributed by atoms with Gasteiger partial charge in [0.2, 0.25) is 5.91 Å². The lowest BCUT2D eigenvalue weighted by Gasteiger charge is -2.23. The summed E-state index contributed by atoms with van der Waals surface area (Å²) in [5, 5.41) is 8.35. The van der Waals surface area contributed by atoms with Crippen LogP contribution in [0.1, 0.15) is 41.9 Å². The number of nitrogens with zero attached hydrogens (tertiary/aromatic N) is 1. The lowest BCUT2D eigenvalue weighted by molar-refractivity contribution is -0.149. The lowest BCUT2D eigenvalue weighted by Crippen LogP contribution is -2.52. The third-order valence-electron chi connectivity index (χ3n) is 7.40. The topological polar surface area (TPSA) is 144 Å². The van der Waals surface area contributed by atoms with Gasteiger partial charge in [-0.1, -0.05) is 84.9 Å². The Labute approximate surface area is 257 Å². The first-order chi connectivity index (χ1) is 21.4. The number of hydrogen-bond acceptors (Lipinski definition) is 6. The number of nitrogens with two attached hydrogens (primary N) is 1.